The average Bonchev–Trinajstić information content (AvgIpc) is 3.00. The van der Waals surface area contributed by atoms with E-state index in [-0.39, 0.29) is 0 Å². The number of hydrogen-bond acceptors (Lipinski definition) is 3. The van der Waals surface area contributed by atoms with Crippen LogP contribution >= 0.6 is 11.6 Å². The van der Waals surface area contributed by atoms with E-state index in [9.17, 15) is 0 Å². The van der Waals surface area contributed by atoms with Crippen molar-refractivity contribution in [3.05, 3.63) is 59.4 Å². The number of imidazole rings is 1. The monoisotopic (exact) mass is 341 g/mol. The van der Waals surface area contributed by atoms with Gasteiger partial charge in [0.25, 0.3) is 5.82 Å². The number of nitrogens with one attached hydrogen (secondary N) is 1. The maximum atomic E-state index is 6.00. The lowest BCUT2D eigenvalue weighted by Crippen LogP contribution is -2.32. The third-order valence-electron chi connectivity index (χ3n) is 4.09. The highest BCUT2D eigenvalue weighted by atomic mass is 35.5. The molecule has 4 rings (SSSR count). The number of nitrogens with zero attached hydrogens (tertiary/aromatic N) is 3. The van der Waals surface area contributed by atoms with E-state index >= 15 is 0 Å². The van der Waals surface area contributed by atoms with Gasteiger partial charge in [-0.3, -0.25) is 5.01 Å². The van der Waals surface area contributed by atoms with Gasteiger partial charge in [-0.1, -0.05) is 17.7 Å². The highest BCUT2D eigenvalue weighted by Gasteiger charge is 2.19. The molecular weight excluding hydrogens is 324 g/mol. The highest BCUT2D eigenvalue weighted by Crippen LogP contribution is 2.19. The number of rotatable bonds is 3. The lowest BCUT2D eigenvalue weighted by Gasteiger charge is -2.23. The molecule has 0 aliphatic carbocycles. The van der Waals surface area contributed by atoms with Gasteiger partial charge < -0.3 is 4.74 Å². The van der Waals surface area contributed by atoms with E-state index < -0.39 is 0 Å². The molecule has 0 amide bonds. The predicted molar refractivity (Wildman–Crippen MR) is 94.4 cm³/mol. The van der Waals surface area contributed by atoms with Gasteiger partial charge in [-0.2, -0.15) is 9.50 Å². The molecule has 1 saturated heterocycles. The number of aromatic amines is 1. The van der Waals surface area contributed by atoms with E-state index in [1.54, 1.807) is 0 Å². The second kappa shape index (κ2) is 6.63. The Bertz CT molecular complexity index is 866. The molecule has 0 saturated carbocycles. The Morgan fingerprint density at radius 2 is 1.92 bits per heavy atom. The van der Waals surface area contributed by atoms with Crippen molar-refractivity contribution >= 4 is 23.3 Å². The van der Waals surface area contributed by atoms with Gasteiger partial charge in [0, 0.05) is 5.02 Å². The van der Waals surface area contributed by atoms with Crippen molar-refractivity contribution in [3.8, 4) is 11.4 Å². The number of halogens is 1. The standard InChI is InChI=1S/C18H17ClN4O/c19-15-6-4-14(5-7-15)18-21-16(17-3-1-2-8-23(17)18)13-20-22-9-11-24-12-10-22/h1-8,13H,9-12H2/p+1/b20-13+. The Morgan fingerprint density at radius 1 is 1.12 bits per heavy atom. The Kier molecular flexibility index (Phi) is 4.19. The van der Waals surface area contributed by atoms with Crippen LogP contribution in [0, 0.1) is 0 Å². The molecule has 0 unspecified atom stereocenters. The van der Waals surface area contributed by atoms with Crippen LogP contribution in [-0.2, 0) is 4.74 Å². The van der Waals surface area contributed by atoms with Crippen LogP contribution in [-0.4, -0.2) is 42.5 Å². The van der Waals surface area contributed by atoms with Gasteiger partial charge >= 0.3 is 0 Å². The number of H-pyrrole nitrogens is 1. The summed E-state index contributed by atoms with van der Waals surface area (Å²) in [6, 6.07) is 13.9. The van der Waals surface area contributed by atoms with Crippen LogP contribution in [0.25, 0.3) is 16.9 Å². The zero-order valence-electron chi connectivity index (χ0n) is 13.2. The molecule has 3 heterocycles. The minimum Gasteiger partial charge on any atom is -0.378 e. The van der Waals surface area contributed by atoms with Gasteiger partial charge in [0.15, 0.2) is 11.2 Å². The first-order valence-corrected chi connectivity index (χ1v) is 8.34. The van der Waals surface area contributed by atoms with Crippen LogP contribution in [0.1, 0.15) is 5.69 Å². The van der Waals surface area contributed by atoms with Crippen LogP contribution in [0.5, 0.6) is 0 Å². The molecule has 122 valence electrons. The van der Waals surface area contributed by atoms with Crippen molar-refractivity contribution in [3.63, 3.8) is 0 Å². The van der Waals surface area contributed by atoms with Gasteiger partial charge in [-0.05, 0) is 36.4 Å². The van der Waals surface area contributed by atoms with Crippen molar-refractivity contribution in [1.82, 2.24) is 9.99 Å². The molecule has 6 heteroatoms. The lowest BCUT2D eigenvalue weighted by molar-refractivity contribution is -0.498. The maximum Gasteiger partial charge on any atom is 0.292 e. The van der Waals surface area contributed by atoms with Crippen molar-refractivity contribution in [2.75, 3.05) is 26.3 Å². The Morgan fingerprint density at radius 3 is 2.71 bits per heavy atom. The summed E-state index contributed by atoms with van der Waals surface area (Å²) in [6.45, 7) is 3.11. The third-order valence-corrected chi connectivity index (χ3v) is 4.34. The lowest BCUT2D eigenvalue weighted by atomic mass is 10.2. The Labute approximate surface area is 145 Å². The molecule has 0 spiro atoms. The number of morpholine rings is 1. The molecule has 1 aliphatic heterocycles. The third kappa shape index (κ3) is 3.00. The van der Waals surface area contributed by atoms with E-state index in [2.05, 4.69) is 20.6 Å². The van der Waals surface area contributed by atoms with Crippen LogP contribution in [0.2, 0.25) is 5.02 Å². The molecule has 1 aromatic carbocycles. The number of ether oxygens (including phenoxy) is 1. The number of hydrogen-bond donors (Lipinski definition) is 1. The molecule has 5 nitrogen and oxygen atoms in total. The van der Waals surface area contributed by atoms with E-state index in [1.165, 1.54) is 0 Å². The molecule has 3 aromatic rings. The summed E-state index contributed by atoms with van der Waals surface area (Å²) in [7, 11) is 0. The number of fused-ring (bicyclic) bond motifs is 1. The normalized spacial score (nSPS) is 15.5. The van der Waals surface area contributed by atoms with Crippen molar-refractivity contribution < 1.29 is 9.14 Å². The zero-order valence-corrected chi connectivity index (χ0v) is 13.9. The first-order valence-electron chi connectivity index (χ1n) is 7.96. The topological polar surface area (TPSA) is 44.7 Å². The van der Waals surface area contributed by atoms with Crippen LogP contribution < -0.4 is 4.40 Å². The summed E-state index contributed by atoms with van der Waals surface area (Å²) < 4.78 is 7.48. The van der Waals surface area contributed by atoms with Crippen molar-refractivity contribution in [2.45, 2.75) is 0 Å². The second-order valence-electron chi connectivity index (χ2n) is 5.66. The largest absolute Gasteiger partial charge is 0.378 e. The fourth-order valence-electron chi connectivity index (χ4n) is 2.84. The van der Waals surface area contributed by atoms with Crippen molar-refractivity contribution in [1.29, 1.82) is 0 Å². The first kappa shape index (κ1) is 15.2. The Hall–Kier alpha value is -2.37. The summed E-state index contributed by atoms with van der Waals surface area (Å²) >= 11 is 6.00. The molecule has 0 atom stereocenters. The minimum absolute atomic E-state index is 0.730. The number of hydrazone groups is 1. The summed E-state index contributed by atoms with van der Waals surface area (Å²) in [4.78, 5) is 3.48. The van der Waals surface area contributed by atoms with Gasteiger partial charge in [-0.15, -0.1) is 0 Å². The smallest absolute Gasteiger partial charge is 0.292 e. The minimum atomic E-state index is 0.730. The maximum absolute atomic E-state index is 6.00. The zero-order chi connectivity index (χ0) is 16.4. The second-order valence-corrected chi connectivity index (χ2v) is 6.10. The predicted octanol–water partition coefficient (Wildman–Crippen LogP) is 2.74. The Balaban J connectivity index is 1.73. The fourth-order valence-corrected chi connectivity index (χ4v) is 2.96. The quantitative estimate of drug-likeness (QED) is 0.588. The molecule has 1 N–H and O–H groups in total. The van der Waals surface area contributed by atoms with Crippen LogP contribution in [0.3, 0.4) is 0 Å². The molecule has 0 bridgehead atoms. The highest BCUT2D eigenvalue weighted by molar-refractivity contribution is 6.30. The van der Waals surface area contributed by atoms with Gasteiger partial charge in [-0.25, -0.2) is 4.98 Å². The molecule has 1 aliphatic rings. The van der Waals surface area contributed by atoms with Crippen LogP contribution in [0.4, 0.5) is 0 Å². The molecule has 1 fully saturated rings. The number of benzene rings is 1. The SMILES string of the molecule is Clc1ccc(-c2[nH]c(/C=N/N3CCOCC3)c3cccc[n+]23)cc1. The van der Waals surface area contributed by atoms with E-state index in [0.29, 0.717) is 0 Å². The fraction of sp³-hybridized carbons (Fsp3) is 0.222. The number of aromatic nitrogens is 2. The summed E-state index contributed by atoms with van der Waals surface area (Å²) in [5, 5.41) is 7.35. The van der Waals surface area contributed by atoms with Gasteiger partial charge in [0.1, 0.15) is 0 Å². The molecule has 2 aromatic heterocycles. The first-order chi connectivity index (χ1) is 11.8. The van der Waals surface area contributed by atoms with E-state index in [1.807, 2.05) is 53.8 Å². The summed E-state index contributed by atoms with van der Waals surface area (Å²) in [5.74, 6) is 1.01. The van der Waals surface area contributed by atoms with Crippen molar-refractivity contribution in [2.24, 2.45) is 5.10 Å². The molecular formula is C18H18ClN4O+. The number of pyridine rings is 1. The average molecular weight is 342 g/mol. The van der Waals surface area contributed by atoms with E-state index in [4.69, 9.17) is 16.3 Å². The molecule has 24 heavy (non-hydrogen) atoms. The molecule has 0 radical (unpaired) electrons. The van der Waals surface area contributed by atoms with E-state index in [0.717, 1.165) is 53.9 Å². The van der Waals surface area contributed by atoms with Gasteiger partial charge in [0.05, 0.1) is 44.3 Å². The van der Waals surface area contributed by atoms with Gasteiger partial charge in [0.2, 0.25) is 0 Å². The van der Waals surface area contributed by atoms with Crippen LogP contribution in [0.15, 0.2) is 53.8 Å². The summed E-state index contributed by atoms with van der Waals surface area (Å²) in [6.07, 6.45) is 3.93. The summed E-state index contributed by atoms with van der Waals surface area (Å²) in [5.41, 5.74) is 3.14.